The van der Waals surface area contributed by atoms with Crippen LogP contribution in [0.3, 0.4) is 0 Å². The summed E-state index contributed by atoms with van der Waals surface area (Å²) in [7, 11) is 0. The van der Waals surface area contributed by atoms with Crippen molar-refractivity contribution in [2.75, 3.05) is 6.61 Å². The number of fused-ring (bicyclic) bond motifs is 1. The second kappa shape index (κ2) is 9.83. The normalized spacial score (nSPS) is 26.2. The van der Waals surface area contributed by atoms with Crippen LogP contribution in [0.25, 0.3) is 20.5 Å². The molecule has 0 saturated heterocycles. The number of hydrogen-bond acceptors (Lipinski definition) is 2. The van der Waals surface area contributed by atoms with Crippen LogP contribution in [0.1, 0.15) is 69.8 Å². The monoisotopic (exact) mass is 444 g/mol. The number of thiophene rings is 1. The summed E-state index contributed by atoms with van der Waals surface area (Å²) >= 11 is 1.86. The molecule has 168 valence electrons. The molecule has 2 heteroatoms. The average molecular weight is 445 g/mol. The highest BCUT2D eigenvalue weighted by molar-refractivity contribution is 7.22. The predicted molar refractivity (Wildman–Crippen MR) is 139 cm³/mol. The first-order valence-corrected chi connectivity index (χ1v) is 13.4. The first kappa shape index (κ1) is 21.8. The number of rotatable bonds is 6. The molecule has 0 N–H and O–H groups in total. The van der Waals surface area contributed by atoms with Crippen molar-refractivity contribution in [2.24, 2.45) is 17.8 Å². The van der Waals surface area contributed by atoms with E-state index in [-0.39, 0.29) is 0 Å². The van der Waals surface area contributed by atoms with Crippen molar-refractivity contribution < 1.29 is 4.74 Å². The first-order valence-electron chi connectivity index (χ1n) is 12.6. The lowest BCUT2D eigenvalue weighted by molar-refractivity contribution is 0.171. The Morgan fingerprint density at radius 2 is 1.56 bits per heavy atom. The minimum atomic E-state index is 0.712. The highest BCUT2D eigenvalue weighted by Crippen LogP contribution is 2.44. The Kier molecular flexibility index (Phi) is 6.69. The lowest BCUT2D eigenvalue weighted by Gasteiger charge is -2.37. The Morgan fingerprint density at radius 3 is 2.22 bits per heavy atom. The third kappa shape index (κ3) is 4.66. The van der Waals surface area contributed by atoms with Crippen molar-refractivity contribution in [1.29, 1.82) is 0 Å². The van der Waals surface area contributed by atoms with Gasteiger partial charge in [0.25, 0.3) is 0 Å². The molecular formula is C30H36OS. The van der Waals surface area contributed by atoms with Crippen molar-refractivity contribution >= 4 is 21.4 Å². The standard InChI is InChI=1S/C30H36OS/c1-3-21-5-7-22(8-6-21)23-9-11-24(12-10-23)25-13-15-26(16-14-25)29-19-27-17-18-28(31-4-2)20-30(27)32-29/h3,13-24H,1,4-12H2,2H3. The molecule has 2 saturated carbocycles. The molecule has 0 aliphatic heterocycles. The quantitative estimate of drug-likeness (QED) is 0.344. The van der Waals surface area contributed by atoms with E-state index in [1.807, 2.05) is 18.3 Å². The molecule has 3 aromatic rings. The van der Waals surface area contributed by atoms with Crippen LogP contribution in [-0.4, -0.2) is 6.61 Å². The van der Waals surface area contributed by atoms with E-state index in [1.165, 1.54) is 71.9 Å². The van der Waals surface area contributed by atoms with Crippen LogP contribution in [-0.2, 0) is 0 Å². The summed E-state index contributed by atoms with van der Waals surface area (Å²) in [5.41, 5.74) is 2.88. The van der Waals surface area contributed by atoms with Crippen LogP contribution in [0.5, 0.6) is 5.75 Å². The fraction of sp³-hybridized carbons (Fsp3) is 0.467. The van der Waals surface area contributed by atoms with Gasteiger partial charge in [0.05, 0.1) is 6.61 Å². The Hall–Kier alpha value is -2.06. The number of hydrogen-bond donors (Lipinski definition) is 0. The summed E-state index contributed by atoms with van der Waals surface area (Å²) in [6.45, 7) is 6.75. The van der Waals surface area contributed by atoms with Crippen LogP contribution < -0.4 is 4.74 Å². The Balaban J connectivity index is 1.21. The molecule has 2 aromatic carbocycles. The second-order valence-corrected chi connectivity index (χ2v) is 11.0. The van der Waals surface area contributed by atoms with Gasteiger partial charge in [0.2, 0.25) is 0 Å². The van der Waals surface area contributed by atoms with E-state index >= 15 is 0 Å². The lowest BCUT2D eigenvalue weighted by atomic mass is 9.68. The maximum atomic E-state index is 5.67. The molecule has 0 atom stereocenters. The summed E-state index contributed by atoms with van der Waals surface area (Å²) in [4.78, 5) is 1.35. The number of allylic oxidation sites excluding steroid dienone is 1. The van der Waals surface area contributed by atoms with Crippen LogP contribution in [0.2, 0.25) is 0 Å². The topological polar surface area (TPSA) is 9.23 Å². The van der Waals surface area contributed by atoms with E-state index in [4.69, 9.17) is 4.74 Å². The van der Waals surface area contributed by atoms with Crippen molar-refractivity contribution in [3.63, 3.8) is 0 Å². The summed E-state index contributed by atoms with van der Waals surface area (Å²) in [5.74, 6) is 4.45. The molecule has 1 aromatic heterocycles. The van der Waals surface area contributed by atoms with E-state index in [0.717, 1.165) is 29.4 Å². The molecule has 2 fully saturated rings. The molecular weight excluding hydrogens is 408 g/mol. The molecule has 0 unspecified atom stereocenters. The van der Waals surface area contributed by atoms with Gasteiger partial charge in [0, 0.05) is 9.58 Å². The minimum absolute atomic E-state index is 0.712. The average Bonchev–Trinajstić information content (AvgIpc) is 3.28. The Labute approximate surface area is 197 Å². The number of ether oxygens (including phenoxy) is 1. The van der Waals surface area contributed by atoms with Crippen molar-refractivity contribution in [3.8, 4) is 16.2 Å². The SMILES string of the molecule is C=CC1CCC(C2CCC(c3ccc(-c4cc5ccc(OCC)cc5s4)cc3)CC2)CC1. The fourth-order valence-electron chi connectivity index (χ4n) is 6.11. The first-order chi connectivity index (χ1) is 15.7. The largest absolute Gasteiger partial charge is 0.494 e. The zero-order valence-corrected chi connectivity index (χ0v) is 20.2. The highest BCUT2D eigenvalue weighted by Gasteiger charge is 2.30. The lowest BCUT2D eigenvalue weighted by Crippen LogP contribution is -2.25. The number of benzene rings is 2. The molecule has 32 heavy (non-hydrogen) atoms. The third-order valence-corrected chi connectivity index (χ3v) is 9.20. The molecule has 0 amide bonds. The Morgan fingerprint density at radius 1 is 0.875 bits per heavy atom. The van der Waals surface area contributed by atoms with Crippen LogP contribution in [0.4, 0.5) is 0 Å². The summed E-state index contributed by atoms with van der Waals surface area (Å²) in [6, 6.07) is 18.2. The maximum absolute atomic E-state index is 5.67. The van der Waals surface area contributed by atoms with E-state index in [0.29, 0.717) is 6.61 Å². The molecule has 2 aliphatic carbocycles. The summed E-state index contributed by atoms with van der Waals surface area (Å²) < 4.78 is 6.97. The van der Waals surface area contributed by atoms with Gasteiger partial charge in [-0.3, -0.25) is 0 Å². The van der Waals surface area contributed by atoms with Gasteiger partial charge in [-0.2, -0.15) is 0 Å². The third-order valence-electron chi connectivity index (χ3n) is 8.06. The second-order valence-electron chi connectivity index (χ2n) is 9.89. The van der Waals surface area contributed by atoms with E-state index in [9.17, 15) is 0 Å². The molecule has 0 spiro atoms. The molecule has 5 rings (SSSR count). The van der Waals surface area contributed by atoms with Crippen molar-refractivity contribution in [2.45, 2.75) is 64.2 Å². The van der Waals surface area contributed by atoms with Gasteiger partial charge in [-0.25, -0.2) is 0 Å². The van der Waals surface area contributed by atoms with E-state index in [2.05, 4.69) is 61.2 Å². The van der Waals surface area contributed by atoms with Gasteiger partial charge in [-0.15, -0.1) is 17.9 Å². The summed E-state index contributed by atoms with van der Waals surface area (Å²) in [5, 5.41) is 1.30. The Bertz CT molecular complexity index is 1030. The molecule has 2 aliphatic rings. The zero-order valence-electron chi connectivity index (χ0n) is 19.4. The molecule has 1 nitrogen and oxygen atoms in total. The summed E-state index contributed by atoms with van der Waals surface area (Å²) in [6.07, 6.45) is 13.4. The van der Waals surface area contributed by atoms with Gasteiger partial charge in [0.15, 0.2) is 0 Å². The van der Waals surface area contributed by atoms with E-state index < -0.39 is 0 Å². The highest BCUT2D eigenvalue weighted by atomic mass is 32.1. The van der Waals surface area contributed by atoms with Gasteiger partial charge >= 0.3 is 0 Å². The van der Waals surface area contributed by atoms with Crippen molar-refractivity contribution in [3.05, 3.63) is 66.7 Å². The zero-order chi connectivity index (χ0) is 21.9. The van der Waals surface area contributed by atoms with E-state index in [1.54, 1.807) is 5.56 Å². The predicted octanol–water partition coefficient (Wildman–Crippen LogP) is 9.23. The van der Waals surface area contributed by atoms with Crippen LogP contribution >= 0.6 is 11.3 Å². The minimum Gasteiger partial charge on any atom is -0.494 e. The molecule has 0 radical (unpaired) electrons. The van der Waals surface area contributed by atoms with Crippen LogP contribution in [0.15, 0.2) is 61.2 Å². The van der Waals surface area contributed by atoms with Gasteiger partial charge in [0.1, 0.15) is 5.75 Å². The smallest absolute Gasteiger partial charge is 0.120 e. The van der Waals surface area contributed by atoms with Gasteiger partial charge in [-0.1, -0.05) is 30.3 Å². The van der Waals surface area contributed by atoms with Crippen LogP contribution in [0, 0.1) is 17.8 Å². The van der Waals surface area contributed by atoms with Gasteiger partial charge < -0.3 is 4.74 Å². The molecule has 0 bridgehead atoms. The maximum Gasteiger partial charge on any atom is 0.120 e. The van der Waals surface area contributed by atoms with Gasteiger partial charge in [-0.05, 0) is 123 Å². The molecule has 1 heterocycles. The fourth-order valence-corrected chi connectivity index (χ4v) is 7.20. The van der Waals surface area contributed by atoms with Crippen molar-refractivity contribution in [1.82, 2.24) is 0 Å².